The number of quaternary nitrogens is 1. The molecule has 3 aromatic carbocycles. The summed E-state index contributed by atoms with van der Waals surface area (Å²) < 4.78 is 6.69. The van der Waals surface area contributed by atoms with E-state index in [1.54, 1.807) is 4.90 Å². The molecule has 1 saturated heterocycles. The van der Waals surface area contributed by atoms with Crippen LogP contribution in [-0.4, -0.2) is 30.9 Å². The van der Waals surface area contributed by atoms with Gasteiger partial charge in [0.25, 0.3) is 0 Å². The zero-order chi connectivity index (χ0) is 19.4. The van der Waals surface area contributed by atoms with Gasteiger partial charge in [-0.15, -0.1) is 0 Å². The minimum absolute atomic E-state index is 0.194. The molecule has 3 aromatic rings. The summed E-state index contributed by atoms with van der Waals surface area (Å²) in [6.45, 7) is 2.25. The molecule has 1 fully saturated rings. The molecule has 3 aliphatic heterocycles. The van der Waals surface area contributed by atoms with E-state index in [0.29, 0.717) is 0 Å². The zero-order valence-electron chi connectivity index (χ0n) is 16.7. The molecule has 0 saturated carbocycles. The first-order valence-electron chi connectivity index (χ1n) is 10.6. The predicted octanol–water partition coefficient (Wildman–Crippen LogP) is 3.14. The summed E-state index contributed by atoms with van der Waals surface area (Å²) in [5.41, 5.74) is 7.11. The first-order chi connectivity index (χ1) is 14.2. The maximum atomic E-state index is 6.69. The summed E-state index contributed by atoms with van der Waals surface area (Å²) in [6, 6.07) is 24.0. The van der Waals surface area contributed by atoms with Crippen molar-refractivity contribution in [1.82, 2.24) is 10.4 Å². The van der Waals surface area contributed by atoms with Crippen LogP contribution in [0.5, 0.6) is 5.75 Å². The number of ether oxygens (including phenoxy) is 1. The molecular formula is C25H26N3O+. The Kier molecular flexibility index (Phi) is 3.73. The standard InChI is InChI=1S/C25H25N3O/c1-27-14-12-25(13-15-27)28-23(21-8-4-5-9-24(21)29-25)17-22(26-28)20-11-10-18-6-2-3-7-19(18)16-20/h2-11,16-17,23,26H,12-15H2,1H3/p+1/t23-/m1/s1. The highest BCUT2D eigenvalue weighted by Crippen LogP contribution is 2.47. The Balaban J connectivity index is 1.43. The monoisotopic (exact) mass is 384 g/mol. The van der Waals surface area contributed by atoms with Gasteiger partial charge in [0.2, 0.25) is 0 Å². The summed E-state index contributed by atoms with van der Waals surface area (Å²) in [5, 5.41) is 4.93. The molecule has 0 aliphatic carbocycles. The van der Waals surface area contributed by atoms with E-state index in [-0.39, 0.29) is 11.8 Å². The molecule has 0 bridgehead atoms. The van der Waals surface area contributed by atoms with Crippen molar-refractivity contribution >= 4 is 16.5 Å². The molecule has 3 heterocycles. The molecule has 0 radical (unpaired) electrons. The molecule has 1 spiro atoms. The van der Waals surface area contributed by atoms with E-state index in [4.69, 9.17) is 4.74 Å². The number of rotatable bonds is 1. The van der Waals surface area contributed by atoms with Crippen LogP contribution in [0.25, 0.3) is 16.5 Å². The third-order valence-corrected chi connectivity index (χ3v) is 6.77. The SMILES string of the molecule is C[NH+]1CCC2(CC1)Oc1ccccc1[C@H]1C=C(c3ccc4ccccc4c3)NN12. The summed E-state index contributed by atoms with van der Waals surface area (Å²) >= 11 is 0. The van der Waals surface area contributed by atoms with Crippen molar-refractivity contribution in [3.8, 4) is 5.75 Å². The van der Waals surface area contributed by atoms with Crippen LogP contribution in [0, 0.1) is 0 Å². The van der Waals surface area contributed by atoms with Crippen molar-refractivity contribution in [2.45, 2.75) is 24.6 Å². The number of piperidine rings is 1. The maximum Gasteiger partial charge on any atom is 0.191 e. The molecule has 29 heavy (non-hydrogen) atoms. The van der Waals surface area contributed by atoms with Crippen LogP contribution in [0.2, 0.25) is 0 Å². The molecule has 6 rings (SSSR count). The fourth-order valence-electron chi connectivity index (χ4n) is 5.05. The van der Waals surface area contributed by atoms with Gasteiger partial charge >= 0.3 is 0 Å². The Hall–Kier alpha value is -2.82. The normalized spacial score (nSPS) is 28.4. The number of hydrazine groups is 1. The Morgan fingerprint density at radius 2 is 1.72 bits per heavy atom. The van der Waals surface area contributed by atoms with E-state index < -0.39 is 0 Å². The predicted molar refractivity (Wildman–Crippen MR) is 115 cm³/mol. The molecule has 4 heteroatoms. The van der Waals surface area contributed by atoms with Crippen LogP contribution in [0.3, 0.4) is 0 Å². The van der Waals surface area contributed by atoms with Crippen molar-refractivity contribution in [3.63, 3.8) is 0 Å². The van der Waals surface area contributed by atoms with Crippen molar-refractivity contribution in [1.29, 1.82) is 0 Å². The highest BCUT2D eigenvalue weighted by atomic mass is 16.5. The van der Waals surface area contributed by atoms with Gasteiger partial charge in [-0.2, -0.15) is 5.01 Å². The molecule has 4 nitrogen and oxygen atoms in total. The van der Waals surface area contributed by atoms with Crippen LogP contribution in [0.15, 0.2) is 72.8 Å². The van der Waals surface area contributed by atoms with E-state index in [9.17, 15) is 0 Å². The molecule has 3 aliphatic rings. The van der Waals surface area contributed by atoms with Gasteiger partial charge in [0, 0.05) is 5.56 Å². The number of fused-ring (bicyclic) bond motifs is 5. The van der Waals surface area contributed by atoms with Crippen LogP contribution >= 0.6 is 0 Å². The maximum absolute atomic E-state index is 6.69. The van der Waals surface area contributed by atoms with Crippen molar-refractivity contribution in [2.75, 3.05) is 20.1 Å². The largest absolute Gasteiger partial charge is 0.470 e. The lowest BCUT2D eigenvalue weighted by atomic mass is 9.93. The average Bonchev–Trinajstić information content (AvgIpc) is 3.22. The first kappa shape index (κ1) is 17.1. The number of hydrogen-bond donors (Lipinski definition) is 2. The Bertz CT molecular complexity index is 1110. The number of hydrogen-bond acceptors (Lipinski definition) is 3. The van der Waals surface area contributed by atoms with Gasteiger partial charge in [-0.1, -0.05) is 54.6 Å². The molecule has 0 unspecified atom stereocenters. The zero-order valence-corrected chi connectivity index (χ0v) is 16.7. The molecule has 2 N–H and O–H groups in total. The van der Waals surface area contributed by atoms with Gasteiger partial charge in [-0.3, -0.25) is 0 Å². The minimum Gasteiger partial charge on any atom is -0.470 e. The van der Waals surface area contributed by atoms with E-state index in [0.717, 1.165) is 31.7 Å². The molecule has 1 atom stereocenters. The number of benzene rings is 3. The van der Waals surface area contributed by atoms with E-state index in [2.05, 4.69) is 90.3 Å². The van der Waals surface area contributed by atoms with Crippen LogP contribution in [-0.2, 0) is 0 Å². The fraction of sp³-hybridized carbons (Fsp3) is 0.280. The summed E-state index contributed by atoms with van der Waals surface area (Å²) in [4.78, 5) is 1.58. The second-order valence-electron chi connectivity index (χ2n) is 8.61. The van der Waals surface area contributed by atoms with Gasteiger partial charge in [0.1, 0.15) is 5.75 Å². The Labute approximate surface area is 171 Å². The van der Waals surface area contributed by atoms with Crippen molar-refractivity contribution in [2.24, 2.45) is 0 Å². The van der Waals surface area contributed by atoms with Gasteiger partial charge in [-0.25, -0.2) is 0 Å². The molecule has 0 amide bonds. The number of nitrogens with zero attached hydrogens (tertiary/aromatic N) is 1. The van der Waals surface area contributed by atoms with E-state index >= 15 is 0 Å². The van der Waals surface area contributed by atoms with Gasteiger partial charge in [-0.05, 0) is 34.5 Å². The van der Waals surface area contributed by atoms with Crippen LogP contribution in [0.4, 0.5) is 0 Å². The minimum atomic E-state index is -0.284. The number of para-hydroxylation sites is 1. The highest BCUT2D eigenvalue weighted by Gasteiger charge is 2.52. The quantitative estimate of drug-likeness (QED) is 0.675. The lowest BCUT2D eigenvalue weighted by Gasteiger charge is -2.50. The van der Waals surface area contributed by atoms with Crippen molar-refractivity contribution < 1.29 is 9.64 Å². The summed E-state index contributed by atoms with van der Waals surface area (Å²) in [7, 11) is 2.28. The lowest BCUT2D eigenvalue weighted by Crippen LogP contribution is -3.11. The van der Waals surface area contributed by atoms with Crippen LogP contribution in [0.1, 0.15) is 30.0 Å². The van der Waals surface area contributed by atoms with Gasteiger partial charge in [0.05, 0.1) is 44.7 Å². The smallest absolute Gasteiger partial charge is 0.191 e. The highest BCUT2D eigenvalue weighted by molar-refractivity contribution is 5.86. The third kappa shape index (κ3) is 2.67. The van der Waals surface area contributed by atoms with Crippen molar-refractivity contribution in [3.05, 3.63) is 83.9 Å². The topological polar surface area (TPSA) is 28.9 Å². The van der Waals surface area contributed by atoms with Gasteiger partial charge < -0.3 is 15.1 Å². The second-order valence-corrected chi connectivity index (χ2v) is 8.61. The first-order valence-corrected chi connectivity index (χ1v) is 10.6. The molecule has 0 aromatic heterocycles. The van der Waals surface area contributed by atoms with Crippen LogP contribution < -0.4 is 15.1 Å². The third-order valence-electron chi connectivity index (χ3n) is 6.77. The second kappa shape index (κ2) is 6.34. The molecule has 146 valence electrons. The lowest BCUT2D eigenvalue weighted by molar-refractivity contribution is -0.888. The Morgan fingerprint density at radius 1 is 0.966 bits per heavy atom. The average molecular weight is 385 g/mol. The Morgan fingerprint density at radius 3 is 2.59 bits per heavy atom. The summed E-state index contributed by atoms with van der Waals surface area (Å²) in [6.07, 6.45) is 4.42. The van der Waals surface area contributed by atoms with E-state index in [1.807, 2.05) is 0 Å². The number of nitrogens with one attached hydrogen (secondary N) is 2. The molecular weight excluding hydrogens is 358 g/mol. The van der Waals surface area contributed by atoms with Gasteiger partial charge in [0.15, 0.2) is 5.72 Å². The van der Waals surface area contributed by atoms with E-state index in [1.165, 1.54) is 27.6 Å². The summed E-state index contributed by atoms with van der Waals surface area (Å²) in [5.74, 6) is 1.03. The number of likely N-dealkylation sites (tertiary alicyclic amines) is 1. The fourth-order valence-corrected chi connectivity index (χ4v) is 5.05.